The highest BCUT2D eigenvalue weighted by Crippen LogP contribution is 2.28. The van der Waals surface area contributed by atoms with Gasteiger partial charge < -0.3 is 16.0 Å². The van der Waals surface area contributed by atoms with E-state index in [0.717, 1.165) is 11.4 Å². The van der Waals surface area contributed by atoms with Crippen LogP contribution >= 0.6 is 0 Å². The van der Waals surface area contributed by atoms with Crippen molar-refractivity contribution in [1.29, 1.82) is 0 Å². The first-order valence-electron chi connectivity index (χ1n) is 4.58. The minimum Gasteiger partial charge on any atom is -0.369 e. The summed E-state index contributed by atoms with van der Waals surface area (Å²) in [5.41, 5.74) is 7.62. The highest BCUT2D eigenvalue weighted by molar-refractivity contribution is 5.73. The van der Waals surface area contributed by atoms with E-state index in [4.69, 9.17) is 5.73 Å². The Kier molecular flexibility index (Phi) is 1.92. The van der Waals surface area contributed by atoms with Crippen molar-refractivity contribution in [3.8, 4) is 0 Å². The lowest BCUT2D eigenvalue weighted by Crippen LogP contribution is -2.30. The zero-order valence-corrected chi connectivity index (χ0v) is 8.88. The minimum absolute atomic E-state index is 0.125. The summed E-state index contributed by atoms with van der Waals surface area (Å²) in [6.07, 6.45) is 0. The van der Waals surface area contributed by atoms with Crippen LogP contribution in [0.1, 0.15) is 13.8 Å². The molecule has 0 fully saturated rings. The Bertz CT molecular complexity index is 502. The predicted molar refractivity (Wildman–Crippen MR) is 59.7 cm³/mol. The van der Waals surface area contributed by atoms with Gasteiger partial charge in [-0.1, -0.05) is 0 Å². The maximum Gasteiger partial charge on any atom is 0.278 e. The molecule has 0 bridgehead atoms. The van der Waals surface area contributed by atoms with Crippen LogP contribution in [0.3, 0.4) is 0 Å². The Hall–Kier alpha value is -1.98. The first kappa shape index (κ1) is 9.57. The summed E-state index contributed by atoms with van der Waals surface area (Å²) in [5.74, 6) is 0.680. The third-order valence-electron chi connectivity index (χ3n) is 2.59. The van der Waals surface area contributed by atoms with Crippen LogP contribution in [0.5, 0.6) is 0 Å². The Morgan fingerprint density at radius 1 is 1.40 bits per heavy atom. The number of allylic oxidation sites excluding steroid dienone is 2. The van der Waals surface area contributed by atoms with Gasteiger partial charge in [0, 0.05) is 18.4 Å². The molecule has 0 aliphatic carbocycles. The highest BCUT2D eigenvalue weighted by atomic mass is 16.1. The van der Waals surface area contributed by atoms with Gasteiger partial charge in [-0.2, -0.15) is 4.98 Å². The van der Waals surface area contributed by atoms with E-state index in [1.54, 1.807) is 0 Å². The van der Waals surface area contributed by atoms with Crippen LogP contribution in [0.2, 0.25) is 0 Å². The molecule has 0 saturated carbocycles. The lowest BCUT2D eigenvalue weighted by Gasteiger charge is -2.28. The molecule has 15 heavy (non-hydrogen) atoms. The topological polar surface area (TPSA) is 87.0 Å². The lowest BCUT2D eigenvalue weighted by atomic mass is 10.2. The van der Waals surface area contributed by atoms with Gasteiger partial charge in [0.15, 0.2) is 5.82 Å². The Morgan fingerprint density at radius 3 is 2.73 bits per heavy atom. The molecule has 4 N–H and O–H groups in total. The van der Waals surface area contributed by atoms with E-state index < -0.39 is 0 Å². The van der Waals surface area contributed by atoms with Crippen LogP contribution in [-0.2, 0) is 0 Å². The number of aromatic amines is 1. The summed E-state index contributed by atoms with van der Waals surface area (Å²) in [5, 5.41) is 3.01. The second-order valence-corrected chi connectivity index (χ2v) is 3.54. The molecule has 0 saturated heterocycles. The fourth-order valence-electron chi connectivity index (χ4n) is 1.52. The number of hydrogen-bond acceptors (Lipinski definition) is 5. The quantitative estimate of drug-likeness (QED) is 0.575. The van der Waals surface area contributed by atoms with Crippen molar-refractivity contribution < 1.29 is 0 Å². The third-order valence-corrected chi connectivity index (χ3v) is 2.59. The number of nitrogen functional groups attached to an aromatic ring is 1. The van der Waals surface area contributed by atoms with Crippen molar-refractivity contribution in [2.24, 2.45) is 0 Å². The number of nitrogens with one attached hydrogen (secondary N) is 2. The zero-order chi connectivity index (χ0) is 11.2. The van der Waals surface area contributed by atoms with Gasteiger partial charge in [-0.15, -0.1) is 0 Å². The smallest absolute Gasteiger partial charge is 0.278 e. The summed E-state index contributed by atoms with van der Waals surface area (Å²) in [7, 11) is 1.85. The number of fused-ring (bicyclic) bond motifs is 1. The maximum atomic E-state index is 11.6. The fourth-order valence-corrected chi connectivity index (χ4v) is 1.52. The molecule has 1 aliphatic heterocycles. The molecule has 0 atom stereocenters. The standard InChI is InChI=1S/C9H13N5O/c1-4-5(2)14(3)7-6(11-4)8(15)13-9(10)12-7/h11H,1-3H3,(H3,10,12,13,15). The Labute approximate surface area is 86.8 Å². The van der Waals surface area contributed by atoms with Gasteiger partial charge in [0.25, 0.3) is 5.56 Å². The third kappa shape index (κ3) is 1.34. The van der Waals surface area contributed by atoms with Gasteiger partial charge in [0.05, 0.1) is 0 Å². The van der Waals surface area contributed by atoms with E-state index in [0.29, 0.717) is 11.5 Å². The van der Waals surface area contributed by atoms with Crippen molar-refractivity contribution in [3.05, 3.63) is 21.7 Å². The molecule has 2 rings (SSSR count). The molecule has 0 spiro atoms. The van der Waals surface area contributed by atoms with Gasteiger partial charge in [-0.3, -0.25) is 9.78 Å². The number of aromatic nitrogens is 2. The predicted octanol–water partition coefficient (Wildman–Crippen LogP) is 0.465. The Balaban J connectivity index is 2.67. The first-order chi connectivity index (χ1) is 7.00. The lowest BCUT2D eigenvalue weighted by molar-refractivity contribution is 0.966. The molecule has 0 amide bonds. The normalized spacial score (nSPS) is 15.0. The van der Waals surface area contributed by atoms with Crippen LogP contribution in [0, 0.1) is 0 Å². The molecule has 1 aliphatic rings. The van der Waals surface area contributed by atoms with Crippen LogP contribution < -0.4 is 21.5 Å². The van der Waals surface area contributed by atoms with Crippen molar-refractivity contribution in [1.82, 2.24) is 9.97 Å². The molecule has 1 aromatic heterocycles. The molecular weight excluding hydrogens is 194 g/mol. The summed E-state index contributed by atoms with van der Waals surface area (Å²) in [4.78, 5) is 20.0. The van der Waals surface area contributed by atoms with Crippen molar-refractivity contribution in [2.45, 2.75) is 13.8 Å². The summed E-state index contributed by atoms with van der Waals surface area (Å²) in [6, 6.07) is 0. The molecule has 0 radical (unpaired) electrons. The molecule has 80 valence electrons. The van der Waals surface area contributed by atoms with E-state index in [1.165, 1.54) is 0 Å². The minimum atomic E-state index is -0.254. The molecule has 0 aromatic carbocycles. The molecule has 0 unspecified atom stereocenters. The number of anilines is 3. The number of nitrogens with two attached hydrogens (primary N) is 1. The van der Waals surface area contributed by atoms with E-state index >= 15 is 0 Å². The van der Waals surface area contributed by atoms with Gasteiger partial charge in [0.2, 0.25) is 5.95 Å². The average Bonchev–Trinajstić information content (AvgIpc) is 2.17. The second kappa shape index (κ2) is 3.01. The number of nitrogens with zero attached hydrogens (tertiary/aromatic N) is 2. The van der Waals surface area contributed by atoms with Crippen LogP contribution in [-0.4, -0.2) is 17.0 Å². The SMILES string of the molecule is CC1=C(C)N(C)c2nc(N)[nH]c(=O)c2N1. The van der Waals surface area contributed by atoms with E-state index in [1.807, 2.05) is 25.8 Å². The summed E-state index contributed by atoms with van der Waals surface area (Å²) >= 11 is 0. The van der Waals surface area contributed by atoms with E-state index in [-0.39, 0.29) is 11.5 Å². The van der Waals surface area contributed by atoms with Crippen molar-refractivity contribution in [2.75, 3.05) is 23.0 Å². The average molecular weight is 207 g/mol. The van der Waals surface area contributed by atoms with E-state index in [9.17, 15) is 4.79 Å². The van der Waals surface area contributed by atoms with Gasteiger partial charge >= 0.3 is 0 Å². The largest absolute Gasteiger partial charge is 0.369 e. The van der Waals surface area contributed by atoms with Crippen molar-refractivity contribution in [3.63, 3.8) is 0 Å². The number of rotatable bonds is 0. The highest BCUT2D eigenvalue weighted by Gasteiger charge is 2.21. The molecule has 6 heteroatoms. The van der Waals surface area contributed by atoms with Gasteiger partial charge in [0.1, 0.15) is 5.69 Å². The van der Waals surface area contributed by atoms with Crippen LogP contribution in [0.25, 0.3) is 0 Å². The zero-order valence-electron chi connectivity index (χ0n) is 8.88. The van der Waals surface area contributed by atoms with Gasteiger partial charge in [-0.25, -0.2) is 0 Å². The summed E-state index contributed by atoms with van der Waals surface area (Å²) < 4.78 is 0. The molecule has 6 nitrogen and oxygen atoms in total. The van der Waals surface area contributed by atoms with Crippen molar-refractivity contribution >= 4 is 17.5 Å². The fraction of sp³-hybridized carbons (Fsp3) is 0.333. The number of H-pyrrole nitrogens is 1. The second-order valence-electron chi connectivity index (χ2n) is 3.54. The van der Waals surface area contributed by atoms with Gasteiger partial charge in [-0.05, 0) is 13.8 Å². The molecule has 1 aromatic rings. The van der Waals surface area contributed by atoms with Crippen LogP contribution in [0.4, 0.5) is 17.5 Å². The molecule has 2 heterocycles. The van der Waals surface area contributed by atoms with Crippen LogP contribution in [0.15, 0.2) is 16.2 Å². The Morgan fingerprint density at radius 2 is 2.07 bits per heavy atom. The van der Waals surface area contributed by atoms with E-state index in [2.05, 4.69) is 15.3 Å². The monoisotopic (exact) mass is 207 g/mol. The number of hydrogen-bond donors (Lipinski definition) is 3. The molecular formula is C9H13N5O. The summed E-state index contributed by atoms with van der Waals surface area (Å²) in [6.45, 7) is 3.86. The first-order valence-corrected chi connectivity index (χ1v) is 4.58. The maximum absolute atomic E-state index is 11.6.